The average Bonchev–Trinajstić information content (AvgIpc) is 2.91. The van der Waals surface area contributed by atoms with Crippen molar-refractivity contribution >= 4 is 34.8 Å². The quantitative estimate of drug-likeness (QED) is 0.538. The van der Waals surface area contributed by atoms with Crippen molar-refractivity contribution < 1.29 is 14.3 Å². The first-order valence-corrected chi connectivity index (χ1v) is 7.41. The molecule has 0 N–H and O–H groups in total. The second-order valence-electron chi connectivity index (χ2n) is 5.18. The van der Waals surface area contributed by atoms with Gasteiger partial charge in [0, 0.05) is 34.2 Å². The van der Waals surface area contributed by atoms with E-state index < -0.39 is 0 Å². The molecule has 0 saturated carbocycles. The minimum Gasteiger partial charge on any atom is -0.465 e. The molecule has 0 bridgehead atoms. The van der Waals surface area contributed by atoms with Crippen LogP contribution in [0.1, 0.15) is 26.3 Å². The van der Waals surface area contributed by atoms with Crippen LogP contribution in [0.15, 0.2) is 48.7 Å². The van der Waals surface area contributed by atoms with E-state index in [9.17, 15) is 9.59 Å². The van der Waals surface area contributed by atoms with Gasteiger partial charge in [-0.3, -0.25) is 4.79 Å². The normalized spacial score (nSPS) is 10.7. The molecule has 5 heteroatoms. The van der Waals surface area contributed by atoms with Gasteiger partial charge < -0.3 is 9.30 Å². The number of carbonyl (C=O) groups is 2. The van der Waals surface area contributed by atoms with Gasteiger partial charge in [-0.1, -0.05) is 23.7 Å². The molecule has 0 unspecified atom stereocenters. The molecule has 116 valence electrons. The van der Waals surface area contributed by atoms with Crippen LogP contribution in [0.25, 0.3) is 10.9 Å². The third kappa shape index (κ3) is 2.98. The van der Waals surface area contributed by atoms with E-state index >= 15 is 0 Å². The molecule has 0 saturated heterocycles. The molecule has 0 radical (unpaired) electrons. The van der Waals surface area contributed by atoms with Crippen molar-refractivity contribution in [3.63, 3.8) is 0 Å². The summed E-state index contributed by atoms with van der Waals surface area (Å²) in [5, 5.41) is 1.43. The topological polar surface area (TPSA) is 48.3 Å². The molecule has 0 aliphatic carbocycles. The van der Waals surface area contributed by atoms with E-state index in [1.807, 2.05) is 29.0 Å². The van der Waals surface area contributed by atoms with Gasteiger partial charge in [-0.15, -0.1) is 0 Å². The number of methoxy groups -OCH3 is 1. The summed E-state index contributed by atoms with van der Waals surface area (Å²) in [6.07, 6.45) is 2.64. The number of ether oxygens (including phenoxy) is 1. The van der Waals surface area contributed by atoms with Gasteiger partial charge in [-0.05, 0) is 35.9 Å². The SMILES string of the molecule is COC(=O)c1ccc(Cn2cc(C=O)c3cc(Cl)ccc32)cc1. The number of aromatic nitrogens is 1. The number of hydrogen-bond acceptors (Lipinski definition) is 3. The molecule has 2 aromatic carbocycles. The van der Waals surface area contributed by atoms with E-state index in [1.54, 1.807) is 24.3 Å². The molecule has 0 amide bonds. The van der Waals surface area contributed by atoms with Crippen molar-refractivity contribution in [2.75, 3.05) is 7.11 Å². The smallest absolute Gasteiger partial charge is 0.337 e. The van der Waals surface area contributed by atoms with Crippen molar-refractivity contribution in [3.8, 4) is 0 Å². The Morgan fingerprint density at radius 2 is 1.96 bits per heavy atom. The highest BCUT2D eigenvalue weighted by Gasteiger charge is 2.10. The number of benzene rings is 2. The van der Waals surface area contributed by atoms with Gasteiger partial charge in [0.2, 0.25) is 0 Å². The van der Waals surface area contributed by atoms with Crippen LogP contribution in [0.5, 0.6) is 0 Å². The summed E-state index contributed by atoms with van der Waals surface area (Å²) in [4.78, 5) is 22.7. The van der Waals surface area contributed by atoms with E-state index in [-0.39, 0.29) is 5.97 Å². The first-order valence-electron chi connectivity index (χ1n) is 7.03. The molecule has 0 aliphatic rings. The van der Waals surface area contributed by atoms with Gasteiger partial charge in [-0.25, -0.2) is 4.79 Å². The molecule has 0 fully saturated rings. The van der Waals surface area contributed by atoms with E-state index in [0.717, 1.165) is 22.8 Å². The highest BCUT2D eigenvalue weighted by Crippen LogP contribution is 2.25. The lowest BCUT2D eigenvalue weighted by atomic mass is 10.1. The summed E-state index contributed by atoms with van der Waals surface area (Å²) in [5.41, 5.74) is 3.07. The van der Waals surface area contributed by atoms with Gasteiger partial charge in [0.05, 0.1) is 12.7 Å². The fourth-order valence-corrected chi connectivity index (χ4v) is 2.75. The molecule has 1 heterocycles. The Balaban J connectivity index is 1.95. The molecule has 0 aliphatic heterocycles. The lowest BCUT2D eigenvalue weighted by molar-refractivity contribution is 0.0600. The van der Waals surface area contributed by atoms with E-state index in [4.69, 9.17) is 11.6 Å². The fraction of sp³-hybridized carbons (Fsp3) is 0.111. The lowest BCUT2D eigenvalue weighted by Crippen LogP contribution is -2.02. The van der Waals surface area contributed by atoms with Crippen molar-refractivity contribution in [1.29, 1.82) is 0 Å². The number of esters is 1. The number of fused-ring (bicyclic) bond motifs is 1. The molecular formula is C18H14ClNO3. The molecule has 23 heavy (non-hydrogen) atoms. The van der Waals surface area contributed by atoms with Crippen molar-refractivity contribution in [2.24, 2.45) is 0 Å². The highest BCUT2D eigenvalue weighted by atomic mass is 35.5. The van der Waals surface area contributed by atoms with Gasteiger partial charge >= 0.3 is 5.97 Å². The summed E-state index contributed by atoms with van der Waals surface area (Å²) in [6.45, 7) is 0.591. The minimum absolute atomic E-state index is 0.360. The summed E-state index contributed by atoms with van der Waals surface area (Å²) in [5.74, 6) is -0.360. The van der Waals surface area contributed by atoms with E-state index in [0.29, 0.717) is 22.7 Å². The number of halogens is 1. The molecule has 3 aromatic rings. The minimum atomic E-state index is -0.360. The van der Waals surface area contributed by atoms with Crippen molar-refractivity contribution in [2.45, 2.75) is 6.54 Å². The van der Waals surface area contributed by atoms with Crippen molar-refractivity contribution in [1.82, 2.24) is 4.57 Å². The van der Waals surface area contributed by atoms with Crippen LogP contribution in [0.2, 0.25) is 5.02 Å². The van der Waals surface area contributed by atoms with E-state index in [1.165, 1.54) is 7.11 Å². The Labute approximate surface area is 138 Å². The molecule has 3 rings (SSSR count). The van der Waals surface area contributed by atoms with Crippen molar-refractivity contribution in [3.05, 3.63) is 70.4 Å². The predicted octanol–water partition coefficient (Wildman–Crippen LogP) is 3.94. The van der Waals surface area contributed by atoms with Crippen LogP contribution in [0, 0.1) is 0 Å². The standard InChI is InChI=1S/C18H14ClNO3/c1-23-18(22)13-4-2-12(3-5-13)9-20-10-14(11-21)16-8-15(19)6-7-17(16)20/h2-8,10-11H,9H2,1H3. The third-order valence-electron chi connectivity index (χ3n) is 3.73. The lowest BCUT2D eigenvalue weighted by Gasteiger charge is -2.07. The molecule has 4 nitrogen and oxygen atoms in total. The number of nitrogens with zero attached hydrogens (tertiary/aromatic N) is 1. The largest absolute Gasteiger partial charge is 0.465 e. The van der Waals surface area contributed by atoms with Crippen LogP contribution < -0.4 is 0 Å². The zero-order valence-corrected chi connectivity index (χ0v) is 13.2. The van der Waals surface area contributed by atoms with Crippen LogP contribution in [-0.4, -0.2) is 23.9 Å². The average molecular weight is 328 g/mol. The zero-order valence-electron chi connectivity index (χ0n) is 12.5. The molecule has 0 atom stereocenters. The van der Waals surface area contributed by atoms with Gasteiger partial charge in [-0.2, -0.15) is 0 Å². The number of aldehydes is 1. The maximum Gasteiger partial charge on any atom is 0.337 e. The second kappa shape index (κ2) is 6.26. The van der Waals surface area contributed by atoms with Gasteiger partial charge in [0.25, 0.3) is 0 Å². The Kier molecular flexibility index (Phi) is 4.17. The van der Waals surface area contributed by atoms with Gasteiger partial charge in [0.15, 0.2) is 6.29 Å². The second-order valence-corrected chi connectivity index (χ2v) is 5.62. The van der Waals surface area contributed by atoms with Crippen LogP contribution in [0.3, 0.4) is 0 Å². The first-order chi connectivity index (χ1) is 11.1. The van der Waals surface area contributed by atoms with Gasteiger partial charge in [0.1, 0.15) is 0 Å². The van der Waals surface area contributed by atoms with Crippen LogP contribution in [-0.2, 0) is 11.3 Å². The van der Waals surface area contributed by atoms with E-state index in [2.05, 4.69) is 4.74 Å². The predicted molar refractivity (Wildman–Crippen MR) is 89.2 cm³/mol. The summed E-state index contributed by atoms with van der Waals surface area (Å²) in [7, 11) is 1.36. The molecular weight excluding hydrogens is 314 g/mol. The number of hydrogen-bond donors (Lipinski definition) is 0. The monoisotopic (exact) mass is 327 g/mol. The molecule has 1 aromatic heterocycles. The Bertz CT molecular complexity index is 881. The molecule has 0 spiro atoms. The Hall–Kier alpha value is -2.59. The summed E-state index contributed by atoms with van der Waals surface area (Å²) >= 11 is 6.01. The highest BCUT2D eigenvalue weighted by molar-refractivity contribution is 6.31. The fourth-order valence-electron chi connectivity index (χ4n) is 2.58. The first kappa shape index (κ1) is 15.3. The number of rotatable bonds is 4. The Morgan fingerprint density at radius 3 is 2.61 bits per heavy atom. The number of carbonyl (C=O) groups excluding carboxylic acids is 2. The maximum absolute atomic E-state index is 11.5. The zero-order chi connectivity index (χ0) is 16.4. The summed E-state index contributed by atoms with van der Waals surface area (Å²) < 4.78 is 6.67. The summed E-state index contributed by atoms with van der Waals surface area (Å²) in [6, 6.07) is 12.7. The maximum atomic E-state index is 11.5. The Morgan fingerprint density at radius 1 is 1.22 bits per heavy atom. The van der Waals surface area contributed by atoms with Crippen LogP contribution in [0.4, 0.5) is 0 Å². The third-order valence-corrected chi connectivity index (χ3v) is 3.96. The van der Waals surface area contributed by atoms with Crippen LogP contribution >= 0.6 is 11.6 Å².